The van der Waals surface area contributed by atoms with Crippen LogP contribution >= 0.6 is 0 Å². The third-order valence-corrected chi connectivity index (χ3v) is 3.76. The van der Waals surface area contributed by atoms with Gasteiger partial charge < -0.3 is 4.74 Å². The fraction of sp³-hybridized carbons (Fsp3) is 0.100. The molecule has 1 aliphatic rings. The van der Waals surface area contributed by atoms with E-state index in [1.54, 1.807) is 6.08 Å². The summed E-state index contributed by atoms with van der Waals surface area (Å²) >= 11 is 0. The van der Waals surface area contributed by atoms with Crippen molar-refractivity contribution in [1.29, 1.82) is 10.5 Å². The van der Waals surface area contributed by atoms with Crippen molar-refractivity contribution in [1.82, 2.24) is 0 Å². The number of benzene rings is 2. The molecule has 3 heteroatoms. The molecule has 2 aromatic rings. The minimum Gasteiger partial charge on any atom is -0.456 e. The molecule has 1 heterocycles. The van der Waals surface area contributed by atoms with E-state index in [1.165, 1.54) is 0 Å². The van der Waals surface area contributed by atoms with Gasteiger partial charge in [0.15, 0.2) is 0 Å². The maximum atomic E-state index is 9.31. The lowest BCUT2D eigenvalue weighted by Crippen LogP contribution is -2.07. The van der Waals surface area contributed by atoms with Crippen LogP contribution in [0.25, 0.3) is 11.3 Å². The van der Waals surface area contributed by atoms with Gasteiger partial charge in [0.05, 0.1) is 0 Å². The fourth-order valence-electron chi connectivity index (χ4n) is 2.79. The molecule has 2 aromatic carbocycles. The fourth-order valence-corrected chi connectivity index (χ4v) is 2.79. The summed E-state index contributed by atoms with van der Waals surface area (Å²) in [7, 11) is 0. The smallest absolute Gasteiger partial charge is 0.137 e. The van der Waals surface area contributed by atoms with E-state index in [0.717, 1.165) is 22.3 Å². The van der Waals surface area contributed by atoms with Gasteiger partial charge in [-0.1, -0.05) is 36.4 Å². The van der Waals surface area contributed by atoms with Crippen molar-refractivity contribution >= 4 is 11.3 Å². The molecule has 110 valence electrons. The molecule has 0 aliphatic carbocycles. The van der Waals surface area contributed by atoms with Crippen molar-refractivity contribution in [3.05, 3.63) is 76.4 Å². The molecule has 0 saturated carbocycles. The average molecular weight is 298 g/mol. The monoisotopic (exact) mass is 298 g/mol. The summed E-state index contributed by atoms with van der Waals surface area (Å²) in [6.07, 6.45) is 1.78. The molecule has 0 bridgehead atoms. The zero-order valence-corrected chi connectivity index (χ0v) is 12.9. The van der Waals surface area contributed by atoms with Crippen molar-refractivity contribution in [2.75, 3.05) is 0 Å². The average Bonchev–Trinajstić information content (AvgIpc) is 2.56. The van der Waals surface area contributed by atoms with Gasteiger partial charge in [0, 0.05) is 16.7 Å². The van der Waals surface area contributed by atoms with E-state index < -0.39 is 0 Å². The summed E-state index contributed by atoms with van der Waals surface area (Å²) in [6.45, 7) is 3.96. The molecule has 0 saturated heterocycles. The predicted molar refractivity (Wildman–Crippen MR) is 89.1 cm³/mol. The van der Waals surface area contributed by atoms with E-state index in [2.05, 4.69) is 0 Å². The Morgan fingerprint density at radius 1 is 1.00 bits per heavy atom. The van der Waals surface area contributed by atoms with E-state index in [0.29, 0.717) is 17.1 Å². The van der Waals surface area contributed by atoms with Crippen molar-refractivity contribution < 1.29 is 4.74 Å². The lowest BCUT2D eigenvalue weighted by atomic mass is 9.91. The SMILES string of the molecule is Cc1cc(C)c2c(c1)OC(c1ccccc1)=CC2=C(C#N)C#N. The predicted octanol–water partition coefficient (Wildman–Crippen LogP) is 4.54. The van der Waals surface area contributed by atoms with Crippen molar-refractivity contribution in [3.8, 4) is 17.9 Å². The molecule has 23 heavy (non-hydrogen) atoms. The Morgan fingerprint density at radius 3 is 2.35 bits per heavy atom. The maximum absolute atomic E-state index is 9.31. The summed E-state index contributed by atoms with van der Waals surface area (Å²) in [5, 5.41) is 18.6. The molecule has 0 aromatic heterocycles. The van der Waals surface area contributed by atoms with Gasteiger partial charge in [0.2, 0.25) is 0 Å². The third-order valence-electron chi connectivity index (χ3n) is 3.76. The zero-order valence-electron chi connectivity index (χ0n) is 12.9. The van der Waals surface area contributed by atoms with Gasteiger partial charge in [0.25, 0.3) is 0 Å². The van der Waals surface area contributed by atoms with E-state index in [-0.39, 0.29) is 5.57 Å². The van der Waals surface area contributed by atoms with Crippen LogP contribution in [0.15, 0.2) is 54.1 Å². The topological polar surface area (TPSA) is 56.8 Å². The van der Waals surface area contributed by atoms with Gasteiger partial charge in [-0.15, -0.1) is 0 Å². The molecule has 0 amide bonds. The first kappa shape index (κ1) is 14.6. The Kier molecular flexibility index (Phi) is 3.71. The van der Waals surface area contributed by atoms with E-state index in [4.69, 9.17) is 4.74 Å². The first-order chi connectivity index (χ1) is 11.1. The van der Waals surface area contributed by atoms with Crippen LogP contribution in [0.1, 0.15) is 22.3 Å². The van der Waals surface area contributed by atoms with Crippen LogP contribution in [-0.2, 0) is 0 Å². The normalized spacial score (nSPS) is 12.3. The summed E-state index contributed by atoms with van der Waals surface area (Å²) in [5.41, 5.74) is 4.49. The van der Waals surface area contributed by atoms with Crippen molar-refractivity contribution in [3.63, 3.8) is 0 Å². The van der Waals surface area contributed by atoms with E-state index >= 15 is 0 Å². The number of rotatable bonds is 1. The highest BCUT2D eigenvalue weighted by atomic mass is 16.5. The quantitative estimate of drug-likeness (QED) is 0.726. The van der Waals surface area contributed by atoms with Gasteiger partial charge in [-0.3, -0.25) is 0 Å². The van der Waals surface area contributed by atoms with E-state index in [1.807, 2.05) is 68.5 Å². The van der Waals surface area contributed by atoms with Crippen LogP contribution < -0.4 is 4.74 Å². The molecule has 3 rings (SSSR count). The Balaban J connectivity index is 2.29. The summed E-state index contributed by atoms with van der Waals surface area (Å²) in [5.74, 6) is 1.32. The molecule has 0 spiro atoms. The van der Waals surface area contributed by atoms with Crippen LogP contribution in [0.4, 0.5) is 0 Å². The second-order valence-electron chi connectivity index (χ2n) is 5.44. The zero-order chi connectivity index (χ0) is 16.4. The second kappa shape index (κ2) is 5.83. The lowest BCUT2D eigenvalue weighted by Gasteiger charge is -2.23. The molecular formula is C20H14N2O. The molecule has 1 aliphatic heterocycles. The molecule has 0 fully saturated rings. The van der Waals surface area contributed by atoms with Crippen LogP contribution in [-0.4, -0.2) is 0 Å². The number of ether oxygens (including phenoxy) is 1. The molecular weight excluding hydrogens is 284 g/mol. The lowest BCUT2D eigenvalue weighted by molar-refractivity contribution is 0.508. The molecule has 0 N–H and O–H groups in total. The Morgan fingerprint density at radius 2 is 1.70 bits per heavy atom. The number of aryl methyl sites for hydroxylation is 2. The van der Waals surface area contributed by atoms with Crippen molar-refractivity contribution in [2.45, 2.75) is 13.8 Å². The molecule has 0 atom stereocenters. The van der Waals surface area contributed by atoms with E-state index in [9.17, 15) is 10.5 Å². The number of fused-ring (bicyclic) bond motifs is 1. The highest BCUT2D eigenvalue weighted by molar-refractivity contribution is 5.93. The first-order valence-electron chi connectivity index (χ1n) is 7.25. The third kappa shape index (κ3) is 2.61. The number of hydrogen-bond acceptors (Lipinski definition) is 3. The van der Waals surface area contributed by atoms with Gasteiger partial charge in [0.1, 0.15) is 29.2 Å². The second-order valence-corrected chi connectivity index (χ2v) is 5.44. The number of allylic oxidation sites excluding steroid dienone is 3. The minimum atomic E-state index is 0.0925. The highest BCUT2D eigenvalue weighted by Crippen LogP contribution is 2.40. The van der Waals surface area contributed by atoms with Crippen LogP contribution in [0.5, 0.6) is 5.75 Å². The van der Waals surface area contributed by atoms with Crippen LogP contribution in [0, 0.1) is 36.5 Å². The number of nitriles is 2. The molecule has 3 nitrogen and oxygen atoms in total. The Labute approximate surface area is 135 Å². The van der Waals surface area contributed by atoms with Gasteiger partial charge in [-0.25, -0.2) is 0 Å². The summed E-state index contributed by atoms with van der Waals surface area (Å²) < 4.78 is 6.06. The van der Waals surface area contributed by atoms with Gasteiger partial charge >= 0.3 is 0 Å². The molecule has 0 radical (unpaired) electrons. The minimum absolute atomic E-state index is 0.0925. The Bertz CT molecular complexity index is 907. The first-order valence-corrected chi connectivity index (χ1v) is 7.25. The largest absolute Gasteiger partial charge is 0.456 e. The van der Waals surface area contributed by atoms with Crippen molar-refractivity contribution in [2.24, 2.45) is 0 Å². The number of nitrogens with zero attached hydrogens (tertiary/aromatic N) is 2. The van der Waals surface area contributed by atoms with Crippen LogP contribution in [0.2, 0.25) is 0 Å². The molecule has 0 unspecified atom stereocenters. The van der Waals surface area contributed by atoms with Gasteiger partial charge in [-0.2, -0.15) is 10.5 Å². The Hall–Kier alpha value is -3.30. The standard InChI is InChI=1S/C20H14N2O/c1-13-8-14(2)20-17(16(11-21)12-22)10-18(23-19(20)9-13)15-6-4-3-5-7-15/h3-10H,1-2H3. The maximum Gasteiger partial charge on any atom is 0.137 e. The number of hydrogen-bond donors (Lipinski definition) is 0. The summed E-state index contributed by atoms with van der Waals surface area (Å²) in [4.78, 5) is 0. The van der Waals surface area contributed by atoms with Crippen LogP contribution in [0.3, 0.4) is 0 Å². The van der Waals surface area contributed by atoms with Gasteiger partial charge in [-0.05, 0) is 37.1 Å². The summed E-state index contributed by atoms with van der Waals surface area (Å²) in [6, 6.07) is 17.6. The highest BCUT2D eigenvalue weighted by Gasteiger charge is 2.23.